The number of nitrogens with zero attached hydrogens (tertiary/aromatic N) is 1. The third kappa shape index (κ3) is 4.45. The molecule has 1 heterocycles. The molecule has 0 N–H and O–H groups in total. The highest BCUT2D eigenvalue weighted by atomic mass is 32.2. The highest BCUT2D eigenvalue weighted by Gasteiger charge is 2.30. The first kappa shape index (κ1) is 18.0. The second-order valence-corrected chi connectivity index (χ2v) is 8.32. The monoisotopic (exact) mass is 363 g/mol. The van der Waals surface area contributed by atoms with E-state index in [1.54, 1.807) is 36.4 Å². The minimum Gasteiger partial charge on any atom is -0.372 e. The van der Waals surface area contributed by atoms with Crippen molar-refractivity contribution < 1.29 is 17.5 Å². The van der Waals surface area contributed by atoms with Crippen molar-refractivity contribution in [2.75, 3.05) is 13.1 Å². The number of benzene rings is 2. The van der Waals surface area contributed by atoms with Gasteiger partial charge in [0.1, 0.15) is 5.82 Å². The van der Waals surface area contributed by atoms with Crippen LogP contribution in [0.25, 0.3) is 0 Å². The van der Waals surface area contributed by atoms with Gasteiger partial charge in [0.15, 0.2) is 0 Å². The summed E-state index contributed by atoms with van der Waals surface area (Å²) in [5, 5.41) is 0. The van der Waals surface area contributed by atoms with Crippen LogP contribution < -0.4 is 0 Å². The molecule has 134 valence electrons. The SMILES string of the molecule is Cc1ccc(S(=O)(=O)N2CCCC(OCc3ccc(F)cc3)C2)cc1. The van der Waals surface area contributed by atoms with Crippen molar-refractivity contribution in [3.8, 4) is 0 Å². The Morgan fingerprint density at radius 1 is 1.12 bits per heavy atom. The molecule has 0 bridgehead atoms. The van der Waals surface area contributed by atoms with Crippen LogP contribution in [0.3, 0.4) is 0 Å². The zero-order valence-corrected chi connectivity index (χ0v) is 15.0. The number of hydrogen-bond acceptors (Lipinski definition) is 3. The number of piperidine rings is 1. The fourth-order valence-corrected chi connectivity index (χ4v) is 4.42. The second kappa shape index (κ2) is 7.64. The first-order valence-electron chi connectivity index (χ1n) is 8.38. The zero-order valence-electron chi connectivity index (χ0n) is 14.2. The van der Waals surface area contributed by atoms with Crippen LogP contribution in [0.15, 0.2) is 53.4 Å². The van der Waals surface area contributed by atoms with Crippen LogP contribution >= 0.6 is 0 Å². The molecule has 2 aromatic rings. The average molecular weight is 363 g/mol. The molecule has 25 heavy (non-hydrogen) atoms. The first-order chi connectivity index (χ1) is 11.9. The molecule has 1 atom stereocenters. The number of ether oxygens (including phenoxy) is 1. The van der Waals surface area contributed by atoms with Gasteiger partial charge in [-0.15, -0.1) is 0 Å². The van der Waals surface area contributed by atoms with E-state index in [4.69, 9.17) is 4.74 Å². The van der Waals surface area contributed by atoms with Gasteiger partial charge in [0.2, 0.25) is 10.0 Å². The van der Waals surface area contributed by atoms with E-state index in [1.807, 2.05) is 6.92 Å². The Labute approximate surface area is 148 Å². The third-order valence-electron chi connectivity index (χ3n) is 4.40. The van der Waals surface area contributed by atoms with Crippen LogP contribution in [0.2, 0.25) is 0 Å². The minimum atomic E-state index is -3.50. The summed E-state index contributed by atoms with van der Waals surface area (Å²) in [6.07, 6.45) is 1.43. The van der Waals surface area contributed by atoms with Gasteiger partial charge in [0, 0.05) is 13.1 Å². The molecule has 0 spiro atoms. The largest absolute Gasteiger partial charge is 0.372 e. The molecule has 1 aliphatic rings. The summed E-state index contributed by atoms with van der Waals surface area (Å²) in [5.74, 6) is -0.281. The Morgan fingerprint density at radius 2 is 1.80 bits per heavy atom. The van der Waals surface area contributed by atoms with Crippen LogP contribution in [0.5, 0.6) is 0 Å². The van der Waals surface area contributed by atoms with Gasteiger partial charge in [-0.1, -0.05) is 29.8 Å². The molecule has 6 heteroatoms. The number of hydrogen-bond donors (Lipinski definition) is 0. The van der Waals surface area contributed by atoms with Gasteiger partial charge >= 0.3 is 0 Å². The predicted octanol–water partition coefficient (Wildman–Crippen LogP) is 3.50. The van der Waals surface area contributed by atoms with E-state index in [1.165, 1.54) is 16.4 Å². The summed E-state index contributed by atoms with van der Waals surface area (Å²) >= 11 is 0. The van der Waals surface area contributed by atoms with Gasteiger partial charge in [-0.25, -0.2) is 12.8 Å². The van der Waals surface area contributed by atoms with Crippen LogP contribution in [0.1, 0.15) is 24.0 Å². The standard InChI is InChI=1S/C19H22FNO3S/c1-15-4-10-19(11-5-15)25(22,23)21-12-2-3-18(13-21)24-14-16-6-8-17(20)9-7-16/h4-11,18H,2-3,12-14H2,1H3. The normalized spacial score (nSPS) is 19.0. The van der Waals surface area contributed by atoms with Gasteiger partial charge in [-0.3, -0.25) is 0 Å². The third-order valence-corrected chi connectivity index (χ3v) is 6.28. The predicted molar refractivity (Wildman–Crippen MR) is 94.1 cm³/mol. The number of rotatable bonds is 5. The maximum Gasteiger partial charge on any atom is 0.243 e. The van der Waals surface area contributed by atoms with E-state index in [2.05, 4.69) is 0 Å². The van der Waals surface area contributed by atoms with Crippen molar-refractivity contribution in [3.63, 3.8) is 0 Å². The highest BCUT2D eigenvalue weighted by molar-refractivity contribution is 7.89. The van der Waals surface area contributed by atoms with Gasteiger partial charge < -0.3 is 4.74 Å². The van der Waals surface area contributed by atoms with Crippen molar-refractivity contribution in [3.05, 3.63) is 65.5 Å². The van der Waals surface area contributed by atoms with E-state index in [9.17, 15) is 12.8 Å². The Bertz CT molecular complexity index is 804. The molecule has 1 fully saturated rings. The summed E-state index contributed by atoms with van der Waals surface area (Å²) in [5.41, 5.74) is 1.90. The van der Waals surface area contributed by atoms with Crippen molar-refractivity contribution in [1.29, 1.82) is 0 Å². The van der Waals surface area contributed by atoms with Gasteiger partial charge in [-0.2, -0.15) is 4.31 Å². The topological polar surface area (TPSA) is 46.6 Å². The van der Waals surface area contributed by atoms with Crippen molar-refractivity contribution in [2.24, 2.45) is 0 Å². The van der Waals surface area contributed by atoms with E-state index >= 15 is 0 Å². The number of sulfonamides is 1. The molecule has 0 aromatic heterocycles. The van der Waals surface area contributed by atoms with E-state index in [-0.39, 0.29) is 11.9 Å². The lowest BCUT2D eigenvalue weighted by Gasteiger charge is -2.32. The molecule has 1 saturated heterocycles. The zero-order chi connectivity index (χ0) is 17.9. The van der Waals surface area contributed by atoms with Crippen molar-refractivity contribution >= 4 is 10.0 Å². The lowest BCUT2D eigenvalue weighted by Crippen LogP contribution is -2.43. The number of aryl methyl sites for hydroxylation is 1. The van der Waals surface area contributed by atoms with Crippen molar-refractivity contribution in [2.45, 2.75) is 37.4 Å². The summed E-state index contributed by atoms with van der Waals surface area (Å²) in [7, 11) is -3.50. The van der Waals surface area contributed by atoms with Crippen LogP contribution in [-0.4, -0.2) is 31.9 Å². The molecule has 0 amide bonds. The first-order valence-corrected chi connectivity index (χ1v) is 9.82. The summed E-state index contributed by atoms with van der Waals surface area (Å²) in [4.78, 5) is 0.317. The maximum atomic E-state index is 12.9. The summed E-state index contributed by atoms with van der Waals surface area (Å²) < 4.78 is 45.9. The van der Waals surface area contributed by atoms with Gasteiger partial charge in [-0.05, 0) is 49.6 Å². The fourth-order valence-electron chi connectivity index (χ4n) is 2.91. The Kier molecular flexibility index (Phi) is 5.51. The van der Waals surface area contributed by atoms with E-state index in [0.29, 0.717) is 24.6 Å². The minimum absolute atomic E-state index is 0.154. The average Bonchev–Trinajstić information content (AvgIpc) is 2.62. The Morgan fingerprint density at radius 3 is 2.48 bits per heavy atom. The van der Waals surface area contributed by atoms with Crippen LogP contribution in [0.4, 0.5) is 4.39 Å². The molecule has 0 aliphatic carbocycles. The van der Waals surface area contributed by atoms with Crippen LogP contribution in [-0.2, 0) is 21.4 Å². The lowest BCUT2D eigenvalue weighted by molar-refractivity contribution is 0.00809. The Balaban J connectivity index is 1.64. The molecule has 1 aliphatic heterocycles. The lowest BCUT2D eigenvalue weighted by atomic mass is 10.1. The molecule has 2 aromatic carbocycles. The quantitative estimate of drug-likeness (QED) is 0.817. The summed E-state index contributed by atoms with van der Waals surface area (Å²) in [6, 6.07) is 13.1. The molecule has 3 rings (SSSR count). The molecular weight excluding hydrogens is 341 g/mol. The highest BCUT2D eigenvalue weighted by Crippen LogP contribution is 2.23. The maximum absolute atomic E-state index is 12.9. The van der Waals surface area contributed by atoms with Gasteiger partial charge in [0.25, 0.3) is 0 Å². The Hall–Kier alpha value is -1.76. The smallest absolute Gasteiger partial charge is 0.243 e. The number of halogens is 1. The van der Waals surface area contributed by atoms with E-state index in [0.717, 1.165) is 24.0 Å². The second-order valence-electron chi connectivity index (χ2n) is 6.38. The fraction of sp³-hybridized carbons (Fsp3) is 0.368. The van der Waals surface area contributed by atoms with E-state index < -0.39 is 10.0 Å². The molecular formula is C19H22FNO3S. The molecule has 0 saturated carbocycles. The van der Waals surface area contributed by atoms with Crippen molar-refractivity contribution in [1.82, 2.24) is 4.31 Å². The van der Waals surface area contributed by atoms with Gasteiger partial charge in [0.05, 0.1) is 17.6 Å². The summed E-state index contributed by atoms with van der Waals surface area (Å²) in [6.45, 7) is 3.13. The molecule has 0 radical (unpaired) electrons. The van der Waals surface area contributed by atoms with Crippen LogP contribution in [0, 0.1) is 12.7 Å². The molecule has 1 unspecified atom stereocenters. The molecule has 4 nitrogen and oxygen atoms in total.